The van der Waals surface area contributed by atoms with Gasteiger partial charge in [-0.15, -0.1) is 11.3 Å². The van der Waals surface area contributed by atoms with E-state index in [-0.39, 0.29) is 11.6 Å². The molecule has 1 amide bonds. The Morgan fingerprint density at radius 3 is 2.54 bits per heavy atom. The molecule has 0 bridgehead atoms. The zero-order chi connectivity index (χ0) is 18.9. The lowest BCUT2D eigenvalue weighted by atomic mass is 10.2. The van der Waals surface area contributed by atoms with E-state index in [2.05, 4.69) is 10.4 Å². The highest BCUT2D eigenvalue weighted by atomic mass is 35.5. The van der Waals surface area contributed by atoms with Crippen LogP contribution in [0.15, 0.2) is 42.5 Å². The summed E-state index contributed by atoms with van der Waals surface area (Å²) in [7, 11) is 1.24. The second-order valence-corrected chi connectivity index (χ2v) is 7.03. The minimum absolute atomic E-state index is 0.182. The first-order chi connectivity index (χ1) is 12.2. The van der Waals surface area contributed by atoms with Crippen molar-refractivity contribution in [3.63, 3.8) is 0 Å². The maximum atomic E-state index is 12.9. The van der Waals surface area contributed by atoms with Gasteiger partial charge in [-0.1, -0.05) is 23.7 Å². The minimum Gasteiger partial charge on any atom is -0.347 e. The fourth-order valence-electron chi connectivity index (χ4n) is 2.32. The van der Waals surface area contributed by atoms with Gasteiger partial charge < -0.3 is 5.32 Å². The highest BCUT2D eigenvalue weighted by Gasteiger charge is 2.35. The van der Waals surface area contributed by atoms with Crippen molar-refractivity contribution in [3.8, 4) is 10.6 Å². The Balaban J connectivity index is 1.71. The lowest BCUT2D eigenvalue weighted by molar-refractivity contribution is -0.143. The molecule has 0 atom stereocenters. The number of aryl methyl sites for hydroxylation is 1. The molecule has 3 aromatic rings. The molecule has 0 saturated carbocycles. The number of carbonyl (C=O) groups excluding carboxylic acids is 1. The van der Waals surface area contributed by atoms with Crippen molar-refractivity contribution in [2.45, 2.75) is 12.7 Å². The minimum atomic E-state index is -4.48. The predicted molar refractivity (Wildman–Crippen MR) is 94.1 cm³/mol. The van der Waals surface area contributed by atoms with Gasteiger partial charge in [0.2, 0.25) is 0 Å². The van der Waals surface area contributed by atoms with Crippen molar-refractivity contribution in [1.82, 2.24) is 15.1 Å². The molecular weight excluding hydrogens is 387 g/mol. The maximum absolute atomic E-state index is 12.9. The number of amides is 1. The summed E-state index contributed by atoms with van der Waals surface area (Å²) in [5, 5.41) is 7.26. The van der Waals surface area contributed by atoms with Gasteiger partial charge in [0.1, 0.15) is 11.4 Å². The molecule has 1 N–H and O–H groups in total. The molecule has 0 saturated heterocycles. The second kappa shape index (κ2) is 7.13. The Morgan fingerprint density at radius 2 is 1.92 bits per heavy atom. The van der Waals surface area contributed by atoms with Crippen LogP contribution in [0.5, 0.6) is 0 Å². The highest BCUT2D eigenvalue weighted by Crippen LogP contribution is 2.34. The predicted octanol–water partition coefficient (Wildman–Crippen LogP) is 4.75. The maximum Gasteiger partial charge on any atom is 0.433 e. The second-order valence-electron chi connectivity index (χ2n) is 5.51. The lowest BCUT2D eigenvalue weighted by Gasteiger charge is -2.04. The van der Waals surface area contributed by atoms with Crippen molar-refractivity contribution in [2.24, 2.45) is 7.05 Å². The van der Waals surface area contributed by atoms with Crippen LogP contribution in [0.1, 0.15) is 20.9 Å². The van der Waals surface area contributed by atoms with Crippen LogP contribution in [0.2, 0.25) is 5.02 Å². The zero-order valence-corrected chi connectivity index (χ0v) is 15.0. The zero-order valence-electron chi connectivity index (χ0n) is 13.5. The Labute approximate surface area is 156 Å². The van der Waals surface area contributed by atoms with Crippen molar-refractivity contribution in [3.05, 3.63) is 63.6 Å². The first-order valence-electron chi connectivity index (χ1n) is 7.48. The molecular formula is C17H13ClF3N3OS. The average Bonchev–Trinajstić information content (AvgIpc) is 3.20. The number of alkyl halides is 3. The van der Waals surface area contributed by atoms with Gasteiger partial charge in [-0.3, -0.25) is 9.48 Å². The van der Waals surface area contributed by atoms with E-state index < -0.39 is 11.9 Å². The van der Waals surface area contributed by atoms with Gasteiger partial charge in [-0.25, -0.2) is 0 Å². The molecule has 3 rings (SSSR count). The molecule has 1 aromatic carbocycles. The van der Waals surface area contributed by atoms with Crippen LogP contribution in [-0.2, 0) is 19.8 Å². The van der Waals surface area contributed by atoms with Crippen LogP contribution >= 0.6 is 22.9 Å². The van der Waals surface area contributed by atoms with E-state index in [1.165, 1.54) is 7.05 Å². The molecule has 0 fully saturated rings. The van der Waals surface area contributed by atoms with Crippen molar-refractivity contribution in [2.75, 3.05) is 0 Å². The third-order valence-corrected chi connectivity index (χ3v) is 4.98. The lowest BCUT2D eigenvalue weighted by Crippen LogP contribution is -2.21. The fourth-order valence-corrected chi connectivity index (χ4v) is 3.33. The summed E-state index contributed by atoms with van der Waals surface area (Å²) < 4.78 is 39.4. The first-order valence-corrected chi connectivity index (χ1v) is 8.67. The molecule has 0 aliphatic rings. The van der Waals surface area contributed by atoms with Gasteiger partial charge >= 0.3 is 6.18 Å². The Kier molecular flexibility index (Phi) is 5.06. The molecule has 26 heavy (non-hydrogen) atoms. The first kappa shape index (κ1) is 18.5. The third kappa shape index (κ3) is 4.08. The fraction of sp³-hybridized carbons (Fsp3) is 0.176. The Bertz CT molecular complexity index is 932. The molecule has 0 unspecified atom stereocenters. The van der Waals surface area contributed by atoms with E-state index in [4.69, 9.17) is 11.6 Å². The van der Waals surface area contributed by atoms with Crippen molar-refractivity contribution in [1.29, 1.82) is 0 Å². The van der Waals surface area contributed by atoms with Crippen LogP contribution in [0.3, 0.4) is 0 Å². The van der Waals surface area contributed by atoms with Crippen LogP contribution in [-0.4, -0.2) is 15.7 Å². The van der Waals surface area contributed by atoms with Gasteiger partial charge in [0.25, 0.3) is 5.91 Å². The normalized spacial score (nSPS) is 11.6. The monoisotopic (exact) mass is 399 g/mol. The molecule has 136 valence electrons. The smallest absolute Gasteiger partial charge is 0.347 e. The summed E-state index contributed by atoms with van der Waals surface area (Å²) in [6.07, 6.45) is -4.48. The number of hydrogen-bond acceptors (Lipinski definition) is 3. The van der Waals surface area contributed by atoms with E-state index in [1.807, 2.05) is 0 Å². The van der Waals surface area contributed by atoms with Gasteiger partial charge in [-0.2, -0.15) is 18.3 Å². The van der Waals surface area contributed by atoms with E-state index in [1.54, 1.807) is 36.4 Å². The van der Waals surface area contributed by atoms with E-state index in [0.717, 1.165) is 27.6 Å². The Morgan fingerprint density at radius 1 is 1.23 bits per heavy atom. The van der Waals surface area contributed by atoms with Crippen molar-refractivity contribution >= 4 is 28.8 Å². The molecule has 4 nitrogen and oxygen atoms in total. The molecule has 9 heteroatoms. The number of nitrogens with zero attached hydrogens (tertiary/aromatic N) is 2. The van der Waals surface area contributed by atoms with Crippen LogP contribution in [0.4, 0.5) is 13.2 Å². The van der Waals surface area contributed by atoms with E-state index in [0.29, 0.717) is 21.3 Å². The summed E-state index contributed by atoms with van der Waals surface area (Å²) in [5.41, 5.74) is 0.232. The summed E-state index contributed by atoms with van der Waals surface area (Å²) in [6.45, 7) is 0.324. The van der Waals surface area contributed by atoms with E-state index in [9.17, 15) is 18.0 Å². The largest absolute Gasteiger partial charge is 0.433 e. The quantitative estimate of drug-likeness (QED) is 0.688. The van der Waals surface area contributed by atoms with Crippen LogP contribution < -0.4 is 5.32 Å². The number of nitrogens with one attached hydrogen (secondary N) is 1. The number of carbonyl (C=O) groups is 1. The van der Waals surface area contributed by atoms with Crippen LogP contribution in [0, 0.1) is 0 Å². The van der Waals surface area contributed by atoms with Gasteiger partial charge in [-0.05, 0) is 35.9 Å². The third-order valence-electron chi connectivity index (χ3n) is 3.62. The standard InChI is InChI=1S/C17H13ClF3N3OS/c1-24-15(17(19,20)21)8-12(23-24)13-6-7-14(26-13)16(25)22-9-10-2-4-11(18)5-3-10/h2-8H,9H2,1H3,(H,22,25). The number of rotatable bonds is 4. The molecule has 0 aliphatic heterocycles. The summed E-state index contributed by atoms with van der Waals surface area (Å²) in [6, 6.07) is 11.2. The van der Waals surface area contributed by atoms with Crippen LogP contribution in [0.25, 0.3) is 10.6 Å². The summed E-state index contributed by atoms with van der Waals surface area (Å²) >= 11 is 6.90. The van der Waals surface area contributed by atoms with Gasteiger partial charge in [0, 0.05) is 18.6 Å². The number of thiophene rings is 1. The van der Waals surface area contributed by atoms with Gasteiger partial charge in [0.05, 0.1) is 9.75 Å². The summed E-state index contributed by atoms with van der Waals surface area (Å²) in [4.78, 5) is 13.1. The molecule has 0 aliphatic carbocycles. The Hall–Kier alpha value is -2.32. The number of halogens is 4. The van der Waals surface area contributed by atoms with E-state index >= 15 is 0 Å². The molecule has 0 radical (unpaired) electrons. The highest BCUT2D eigenvalue weighted by molar-refractivity contribution is 7.17. The van der Waals surface area contributed by atoms with Crippen molar-refractivity contribution < 1.29 is 18.0 Å². The number of hydrogen-bond donors (Lipinski definition) is 1. The molecule has 2 heterocycles. The number of benzene rings is 1. The molecule has 0 spiro atoms. The summed E-state index contributed by atoms with van der Waals surface area (Å²) in [5.74, 6) is -0.303. The SMILES string of the molecule is Cn1nc(-c2ccc(C(=O)NCc3ccc(Cl)cc3)s2)cc1C(F)(F)F. The topological polar surface area (TPSA) is 46.9 Å². The average molecular weight is 400 g/mol. The van der Waals surface area contributed by atoms with Gasteiger partial charge in [0.15, 0.2) is 0 Å². The molecule has 2 aromatic heterocycles. The number of aromatic nitrogens is 2.